The van der Waals surface area contributed by atoms with Gasteiger partial charge in [0.1, 0.15) is 29.6 Å². The Labute approximate surface area is 332 Å². The number of imidazole rings is 1. The number of carbonyl (C=O) groups excluding carboxylic acids is 5. The summed E-state index contributed by atoms with van der Waals surface area (Å²) < 4.78 is 0. The van der Waals surface area contributed by atoms with Crippen molar-refractivity contribution in [1.82, 2.24) is 35.7 Å². The molecule has 0 bridgehead atoms. The summed E-state index contributed by atoms with van der Waals surface area (Å²) in [5, 5.41) is 8.97. The first-order valence-corrected chi connectivity index (χ1v) is 20.1. The lowest BCUT2D eigenvalue weighted by Gasteiger charge is -2.29. The van der Waals surface area contributed by atoms with Gasteiger partial charge >= 0.3 is 0 Å². The zero-order valence-corrected chi connectivity index (χ0v) is 31.8. The minimum atomic E-state index is -0.833. The Morgan fingerprint density at radius 3 is 1.82 bits per heavy atom. The van der Waals surface area contributed by atoms with Crippen molar-refractivity contribution in [3.05, 3.63) is 125 Å². The predicted molar refractivity (Wildman–Crippen MR) is 211 cm³/mol. The van der Waals surface area contributed by atoms with E-state index in [0.29, 0.717) is 49.6 Å². The van der Waals surface area contributed by atoms with Crippen LogP contribution in [0.4, 0.5) is 0 Å². The maximum Gasteiger partial charge on any atom is 0.250 e. The van der Waals surface area contributed by atoms with Crippen LogP contribution in [0, 0.1) is 23.7 Å². The minimum Gasteiger partial charge on any atom is -0.350 e. The number of aromatic nitrogens is 2. The van der Waals surface area contributed by atoms with E-state index in [1.54, 1.807) is 11.1 Å². The first-order valence-electron chi connectivity index (χ1n) is 20.1. The summed E-state index contributed by atoms with van der Waals surface area (Å²) in [6.07, 6.45) is 7.91. The fourth-order valence-corrected chi connectivity index (χ4v) is 7.75. The lowest BCUT2D eigenvalue weighted by atomic mass is 10.0. The monoisotopic (exact) mass is 765 g/mol. The van der Waals surface area contributed by atoms with Crippen LogP contribution in [0.25, 0.3) is 0 Å². The fraction of sp³-hybridized carbons (Fsp3) is 0.378. The molecule has 57 heavy (non-hydrogen) atoms. The van der Waals surface area contributed by atoms with Crippen molar-refractivity contribution in [2.24, 2.45) is 11.8 Å². The van der Waals surface area contributed by atoms with Crippen molar-refractivity contribution < 1.29 is 24.0 Å². The van der Waals surface area contributed by atoms with Gasteiger partial charge in [0, 0.05) is 37.0 Å². The number of nitrogens with one attached hydrogen (secondary N) is 4. The van der Waals surface area contributed by atoms with Crippen molar-refractivity contribution in [3.63, 3.8) is 0 Å². The molecule has 4 aromatic rings. The van der Waals surface area contributed by atoms with E-state index in [0.717, 1.165) is 55.2 Å². The maximum atomic E-state index is 14.0. The van der Waals surface area contributed by atoms with Gasteiger partial charge in [-0.25, -0.2) is 4.98 Å². The highest BCUT2D eigenvalue weighted by Crippen LogP contribution is 2.35. The van der Waals surface area contributed by atoms with E-state index in [1.807, 2.05) is 89.8 Å². The van der Waals surface area contributed by atoms with Gasteiger partial charge in [0.05, 0.1) is 12.2 Å². The highest BCUT2D eigenvalue weighted by Gasteiger charge is 2.41. The SMILES string of the molecule is O=C(N[C@@H](C(=O)N1CCC[C@H]1C(=O)NCc1ccc(C#Cc2cnc([C@@H]3CCCN3C(=O)[C@H](NC(=O)C3CC3)c3ccccc3)[nH]2)cc1)c1ccccc1)C1CC1. The third-order valence-electron chi connectivity index (χ3n) is 11.3. The molecule has 5 amide bonds. The van der Waals surface area contributed by atoms with Gasteiger partial charge in [0.2, 0.25) is 29.5 Å². The maximum absolute atomic E-state index is 14.0. The average molecular weight is 766 g/mol. The molecule has 2 saturated heterocycles. The molecular formula is C45H47N7O5. The Morgan fingerprint density at radius 1 is 0.667 bits per heavy atom. The summed E-state index contributed by atoms with van der Waals surface area (Å²) in [6.45, 7) is 1.32. The molecule has 4 N–H and O–H groups in total. The molecule has 12 nitrogen and oxygen atoms in total. The number of carbonyl (C=O) groups is 5. The molecule has 8 rings (SSSR count). The Hall–Kier alpha value is -6.22. The fourth-order valence-electron chi connectivity index (χ4n) is 7.75. The van der Waals surface area contributed by atoms with Gasteiger partial charge in [-0.15, -0.1) is 0 Å². The topological polar surface area (TPSA) is 157 Å². The quantitative estimate of drug-likeness (QED) is 0.154. The van der Waals surface area contributed by atoms with Crippen LogP contribution in [-0.4, -0.2) is 68.4 Å². The summed E-state index contributed by atoms with van der Waals surface area (Å²) in [7, 11) is 0. The van der Waals surface area contributed by atoms with E-state index in [9.17, 15) is 24.0 Å². The zero-order chi connectivity index (χ0) is 39.3. The van der Waals surface area contributed by atoms with Crippen molar-refractivity contribution in [2.75, 3.05) is 13.1 Å². The largest absolute Gasteiger partial charge is 0.350 e. The van der Waals surface area contributed by atoms with Crippen LogP contribution in [0.3, 0.4) is 0 Å². The second-order valence-corrected chi connectivity index (χ2v) is 15.5. The molecule has 2 aliphatic heterocycles. The summed E-state index contributed by atoms with van der Waals surface area (Å²) in [4.78, 5) is 78.0. The smallest absolute Gasteiger partial charge is 0.250 e. The number of amides is 5. The number of hydrogen-bond donors (Lipinski definition) is 4. The van der Waals surface area contributed by atoms with Crippen molar-refractivity contribution >= 4 is 29.5 Å². The van der Waals surface area contributed by atoms with Gasteiger partial charge in [-0.1, -0.05) is 78.7 Å². The van der Waals surface area contributed by atoms with Gasteiger partial charge in [0.15, 0.2) is 0 Å². The summed E-state index contributed by atoms with van der Waals surface area (Å²) in [5.74, 6) is 6.11. The van der Waals surface area contributed by atoms with Gasteiger partial charge in [0.25, 0.3) is 0 Å². The molecule has 4 fully saturated rings. The number of hydrogen-bond acceptors (Lipinski definition) is 6. The number of aromatic amines is 1. The van der Waals surface area contributed by atoms with Crippen LogP contribution in [0.2, 0.25) is 0 Å². The van der Waals surface area contributed by atoms with Gasteiger partial charge < -0.3 is 30.7 Å². The lowest BCUT2D eigenvalue weighted by Crippen LogP contribution is -2.50. The summed E-state index contributed by atoms with van der Waals surface area (Å²) >= 11 is 0. The van der Waals surface area contributed by atoms with Crippen LogP contribution < -0.4 is 16.0 Å². The Morgan fingerprint density at radius 2 is 1.23 bits per heavy atom. The molecule has 0 unspecified atom stereocenters. The van der Waals surface area contributed by atoms with E-state index >= 15 is 0 Å². The molecule has 3 heterocycles. The van der Waals surface area contributed by atoms with Gasteiger partial charge in [-0.3, -0.25) is 24.0 Å². The summed E-state index contributed by atoms with van der Waals surface area (Å²) in [6, 6.07) is 23.8. The number of likely N-dealkylation sites (tertiary alicyclic amines) is 2. The van der Waals surface area contributed by atoms with Crippen LogP contribution in [0.5, 0.6) is 0 Å². The third kappa shape index (κ3) is 8.93. The molecule has 1 aromatic heterocycles. The molecule has 0 radical (unpaired) electrons. The molecule has 3 aromatic carbocycles. The molecule has 4 aliphatic rings. The number of nitrogens with zero attached hydrogens (tertiary/aromatic N) is 3. The Bertz CT molecular complexity index is 2170. The van der Waals surface area contributed by atoms with Crippen LogP contribution in [0.15, 0.2) is 91.1 Å². The van der Waals surface area contributed by atoms with Crippen LogP contribution in [0.1, 0.15) is 103 Å². The second kappa shape index (κ2) is 16.9. The first kappa shape index (κ1) is 37.7. The first-order chi connectivity index (χ1) is 27.8. The van der Waals surface area contributed by atoms with Crippen molar-refractivity contribution in [1.29, 1.82) is 0 Å². The van der Waals surface area contributed by atoms with E-state index in [-0.39, 0.29) is 47.4 Å². The van der Waals surface area contributed by atoms with Gasteiger partial charge in [-0.2, -0.15) is 0 Å². The van der Waals surface area contributed by atoms with Crippen molar-refractivity contribution in [3.8, 4) is 11.8 Å². The van der Waals surface area contributed by atoms with Crippen LogP contribution in [-0.2, 0) is 30.5 Å². The highest BCUT2D eigenvalue weighted by molar-refractivity contribution is 5.94. The lowest BCUT2D eigenvalue weighted by molar-refractivity contribution is -0.141. The average Bonchev–Trinajstić information content (AvgIpc) is 4.12. The molecule has 12 heteroatoms. The van der Waals surface area contributed by atoms with E-state index < -0.39 is 18.1 Å². The highest BCUT2D eigenvalue weighted by atomic mass is 16.2. The molecule has 292 valence electrons. The number of benzene rings is 3. The number of H-pyrrole nitrogens is 1. The second-order valence-electron chi connectivity index (χ2n) is 15.5. The zero-order valence-electron chi connectivity index (χ0n) is 31.8. The minimum absolute atomic E-state index is 0.0126. The Balaban J connectivity index is 0.866. The third-order valence-corrected chi connectivity index (χ3v) is 11.3. The predicted octanol–water partition coefficient (Wildman–Crippen LogP) is 4.62. The van der Waals surface area contributed by atoms with E-state index in [1.165, 1.54) is 0 Å². The van der Waals surface area contributed by atoms with E-state index in [2.05, 4.69) is 37.8 Å². The number of rotatable bonds is 12. The molecule has 4 atom stereocenters. The van der Waals surface area contributed by atoms with Crippen LogP contribution >= 0.6 is 0 Å². The molecular weight excluding hydrogens is 719 g/mol. The van der Waals surface area contributed by atoms with Crippen molar-refractivity contribution in [2.45, 2.75) is 82.1 Å². The normalized spacial score (nSPS) is 19.9. The summed E-state index contributed by atoms with van der Waals surface area (Å²) in [5.41, 5.74) is 3.76. The van der Waals surface area contributed by atoms with E-state index in [4.69, 9.17) is 0 Å². The Kier molecular flexibility index (Phi) is 11.2. The molecule has 2 aliphatic carbocycles. The van der Waals surface area contributed by atoms with Gasteiger partial charge in [-0.05, 0) is 86.1 Å². The standard InChI is InChI=1S/C45H47N7O5/c53-41(33-20-21-33)49-38(31-9-3-1-4-10-31)44(56)51-25-7-13-36(51)40-46-28-35(48-40)24-19-29-15-17-30(18-16-29)27-47-43(55)37-14-8-26-52(37)45(57)39(32-11-5-2-6-12-32)50-42(54)34-22-23-34/h1-6,9-12,15-18,28,33-34,36-39H,7-8,13-14,20-23,25-27H2,(H,46,48)(H,47,55)(H,49,53)(H,50,54)/t36-,37-,38+,39+/m0/s1. The molecule has 2 saturated carbocycles. The molecule has 0 spiro atoms.